The quantitative estimate of drug-likeness (QED) is 0.577. The minimum Gasteiger partial charge on any atom is -0.290 e. The number of rotatable bonds is 0. The number of benzene rings is 1. The van der Waals surface area contributed by atoms with Gasteiger partial charge >= 0.3 is 5.69 Å². The molecule has 0 aliphatic carbocycles. The summed E-state index contributed by atoms with van der Waals surface area (Å²) in [6.07, 6.45) is 0. The average molecular weight is 250 g/mol. The fourth-order valence-corrected chi connectivity index (χ4v) is 1.52. The first kappa shape index (κ1) is 5.01. The molecule has 0 amide bonds. The van der Waals surface area contributed by atoms with Crippen LogP contribution in [0.1, 0.15) is 22.1 Å². The molecule has 1 aromatic carbocycles. The van der Waals surface area contributed by atoms with Crippen molar-refractivity contribution in [2.45, 2.75) is 13.7 Å². The second-order valence-electron chi connectivity index (χ2n) is 3.53. The van der Waals surface area contributed by atoms with Gasteiger partial charge in [0.1, 0.15) is 0 Å². The molecule has 6 heteroatoms. The molecule has 0 atom stereocenters. The standard InChI is InChI=1S/C12H10N4O2/c1-5-3-7-8(4-6(5)2)14-10-9(13-7)11(17)16-12(18)15-10/h3-4H,1-2H3,(H2,14,15,16,17,18)/i1D3,2D3,3D,4D. The highest BCUT2D eigenvalue weighted by atomic mass is 16.2. The Morgan fingerprint density at radius 2 is 1.78 bits per heavy atom. The van der Waals surface area contributed by atoms with Crippen LogP contribution in [0.4, 0.5) is 0 Å². The molecule has 2 aromatic heterocycles. The van der Waals surface area contributed by atoms with Crippen molar-refractivity contribution in [2.24, 2.45) is 0 Å². The van der Waals surface area contributed by atoms with Gasteiger partial charge in [-0.15, -0.1) is 0 Å². The van der Waals surface area contributed by atoms with Crippen LogP contribution in [0.5, 0.6) is 0 Å². The predicted molar refractivity (Wildman–Crippen MR) is 67.8 cm³/mol. The van der Waals surface area contributed by atoms with Crippen molar-refractivity contribution in [2.75, 3.05) is 0 Å². The number of nitrogens with one attached hydrogen (secondary N) is 2. The third-order valence-electron chi connectivity index (χ3n) is 2.31. The van der Waals surface area contributed by atoms with E-state index in [0.29, 0.717) is 0 Å². The fourth-order valence-electron chi connectivity index (χ4n) is 1.52. The molecule has 0 spiro atoms. The normalized spacial score (nSPS) is 19.1. The van der Waals surface area contributed by atoms with E-state index in [2.05, 4.69) is 15.0 Å². The number of aromatic amines is 2. The molecule has 0 unspecified atom stereocenters. The molecule has 3 rings (SSSR count). The molecule has 0 aliphatic rings. The van der Waals surface area contributed by atoms with Crippen LogP contribution in [0, 0.1) is 13.7 Å². The van der Waals surface area contributed by atoms with E-state index in [1.165, 1.54) is 0 Å². The predicted octanol–water partition coefficient (Wildman–Crippen LogP) is 0.776. The number of aromatic nitrogens is 4. The molecular formula is C12H10N4O2. The molecule has 0 aliphatic heterocycles. The SMILES string of the molecule is [2H]c1c(C([2H])([2H])[2H])c(C([2H])([2H])[2H])c([2H])c2nc3c(=O)[nH]c(=O)[nH]c3nc12. The van der Waals surface area contributed by atoms with Gasteiger partial charge in [0, 0.05) is 8.22 Å². The smallest absolute Gasteiger partial charge is 0.290 e. The summed E-state index contributed by atoms with van der Waals surface area (Å²) in [6.45, 7) is -6.00. The van der Waals surface area contributed by atoms with E-state index in [-0.39, 0.29) is 11.2 Å². The van der Waals surface area contributed by atoms with E-state index in [1.807, 2.05) is 4.98 Å². The van der Waals surface area contributed by atoms with Crippen molar-refractivity contribution in [1.82, 2.24) is 19.9 Å². The van der Waals surface area contributed by atoms with Gasteiger partial charge < -0.3 is 0 Å². The zero-order valence-electron chi connectivity index (χ0n) is 16.7. The van der Waals surface area contributed by atoms with Crippen LogP contribution in [0.15, 0.2) is 21.7 Å². The van der Waals surface area contributed by atoms with E-state index in [4.69, 9.17) is 11.0 Å². The van der Waals surface area contributed by atoms with Crippen molar-refractivity contribution >= 4 is 22.2 Å². The van der Waals surface area contributed by atoms with Gasteiger partial charge in [-0.2, -0.15) is 0 Å². The van der Waals surface area contributed by atoms with E-state index in [9.17, 15) is 9.59 Å². The fraction of sp³-hybridized carbons (Fsp3) is 0.167. The van der Waals surface area contributed by atoms with Gasteiger partial charge in [0.2, 0.25) is 0 Å². The minimum atomic E-state index is -3.00. The highest BCUT2D eigenvalue weighted by molar-refractivity contribution is 5.84. The molecular weight excluding hydrogens is 232 g/mol. The van der Waals surface area contributed by atoms with E-state index in [0.717, 1.165) is 0 Å². The Bertz CT molecular complexity index is 1170. The summed E-state index contributed by atoms with van der Waals surface area (Å²) in [6, 6.07) is -1.51. The Morgan fingerprint density at radius 1 is 1.11 bits per heavy atom. The van der Waals surface area contributed by atoms with Crippen molar-refractivity contribution in [3.63, 3.8) is 0 Å². The van der Waals surface area contributed by atoms with Crippen molar-refractivity contribution in [1.29, 1.82) is 0 Å². The first-order valence-corrected chi connectivity index (χ1v) is 4.80. The summed E-state index contributed by atoms with van der Waals surface area (Å²) in [4.78, 5) is 35.1. The maximum atomic E-state index is 11.9. The zero-order valence-corrected chi connectivity index (χ0v) is 8.71. The molecule has 6 nitrogen and oxygen atoms in total. The summed E-state index contributed by atoms with van der Waals surface area (Å²) in [5, 5.41) is 0. The van der Waals surface area contributed by atoms with E-state index in [1.54, 1.807) is 0 Å². The first-order chi connectivity index (χ1) is 11.8. The first-order valence-electron chi connectivity index (χ1n) is 8.80. The van der Waals surface area contributed by atoms with Crippen LogP contribution in [-0.2, 0) is 0 Å². The van der Waals surface area contributed by atoms with Crippen LogP contribution < -0.4 is 11.2 Å². The lowest BCUT2D eigenvalue weighted by Crippen LogP contribution is -2.23. The largest absolute Gasteiger partial charge is 0.327 e. The van der Waals surface area contributed by atoms with Crippen LogP contribution in [-0.4, -0.2) is 19.9 Å². The minimum absolute atomic E-state index is 0.308. The van der Waals surface area contributed by atoms with Gasteiger partial charge in [-0.05, 0) is 36.9 Å². The topological polar surface area (TPSA) is 91.5 Å². The molecule has 0 bridgehead atoms. The van der Waals surface area contributed by atoms with Crippen LogP contribution in [0.3, 0.4) is 0 Å². The Labute approximate surface area is 112 Å². The Balaban J connectivity index is 2.64. The zero-order chi connectivity index (χ0) is 19.6. The van der Waals surface area contributed by atoms with Crippen molar-refractivity contribution in [3.8, 4) is 0 Å². The highest BCUT2D eigenvalue weighted by Crippen LogP contribution is 2.16. The van der Waals surface area contributed by atoms with Crippen LogP contribution in [0.25, 0.3) is 22.2 Å². The number of hydrogen-bond acceptors (Lipinski definition) is 4. The summed E-state index contributed by atoms with van der Waals surface area (Å²) < 4.78 is 61.6. The van der Waals surface area contributed by atoms with Crippen LogP contribution >= 0.6 is 0 Å². The van der Waals surface area contributed by atoms with Crippen molar-refractivity contribution < 1.29 is 11.0 Å². The molecule has 3 aromatic rings. The number of fused-ring (bicyclic) bond motifs is 2. The molecule has 2 N–H and O–H groups in total. The third-order valence-corrected chi connectivity index (χ3v) is 2.31. The maximum absolute atomic E-state index is 11.9. The Kier molecular flexibility index (Phi) is 0.973. The van der Waals surface area contributed by atoms with Crippen LogP contribution in [0.2, 0.25) is 0 Å². The summed E-state index contributed by atoms with van der Waals surface area (Å²) >= 11 is 0. The number of nitrogens with zero attached hydrogens (tertiary/aromatic N) is 2. The lowest BCUT2D eigenvalue weighted by Gasteiger charge is -2.03. The maximum Gasteiger partial charge on any atom is 0.327 e. The van der Waals surface area contributed by atoms with Gasteiger partial charge in [0.25, 0.3) is 5.56 Å². The Morgan fingerprint density at radius 3 is 2.44 bits per heavy atom. The second-order valence-corrected chi connectivity index (χ2v) is 3.53. The summed E-state index contributed by atoms with van der Waals surface area (Å²) in [5.74, 6) is 0. The highest BCUT2D eigenvalue weighted by Gasteiger charge is 2.07. The van der Waals surface area contributed by atoms with E-state index < -0.39 is 59.2 Å². The molecule has 18 heavy (non-hydrogen) atoms. The molecule has 0 radical (unpaired) electrons. The molecule has 90 valence electrons. The molecule has 0 saturated carbocycles. The third kappa shape index (κ3) is 1.50. The Hall–Kier alpha value is -2.50. The van der Waals surface area contributed by atoms with E-state index >= 15 is 0 Å². The molecule has 0 saturated heterocycles. The van der Waals surface area contributed by atoms with Gasteiger partial charge in [0.05, 0.1) is 13.8 Å². The second kappa shape index (κ2) is 3.49. The average Bonchev–Trinajstić information content (AvgIpc) is 2.46. The number of hydrogen-bond donors (Lipinski definition) is 2. The molecule has 0 fully saturated rings. The monoisotopic (exact) mass is 250 g/mol. The van der Waals surface area contributed by atoms with Gasteiger partial charge in [0.15, 0.2) is 11.2 Å². The van der Waals surface area contributed by atoms with Gasteiger partial charge in [-0.25, -0.2) is 14.8 Å². The van der Waals surface area contributed by atoms with Gasteiger partial charge in [-0.1, -0.05) is 0 Å². The van der Waals surface area contributed by atoms with Crippen molar-refractivity contribution in [3.05, 3.63) is 44.0 Å². The lowest BCUT2D eigenvalue weighted by molar-refractivity contribution is 1.05. The number of H-pyrrole nitrogens is 2. The molecule has 2 heterocycles. The van der Waals surface area contributed by atoms with Gasteiger partial charge in [-0.3, -0.25) is 14.8 Å². The lowest BCUT2D eigenvalue weighted by atomic mass is 10.1. The summed E-state index contributed by atoms with van der Waals surface area (Å²) in [5.41, 5.74) is -4.98. The summed E-state index contributed by atoms with van der Waals surface area (Å²) in [7, 11) is 0.